The van der Waals surface area contributed by atoms with Crippen molar-refractivity contribution in [2.75, 3.05) is 4.90 Å². The zero-order valence-electron chi connectivity index (χ0n) is 15.0. The van der Waals surface area contributed by atoms with Crippen molar-refractivity contribution in [1.82, 2.24) is 0 Å². The number of anilines is 1. The highest BCUT2D eigenvalue weighted by Gasteiger charge is 2.20. The minimum atomic E-state index is 0.404. The molecule has 0 saturated carbocycles. The molecule has 0 unspecified atom stereocenters. The number of nitrogens with one attached hydrogen (secondary N) is 1. The molecule has 0 amide bonds. The molecular weight excluding hydrogens is 328 g/mol. The van der Waals surface area contributed by atoms with Crippen molar-refractivity contribution in [1.29, 1.82) is 5.41 Å². The van der Waals surface area contributed by atoms with Gasteiger partial charge in [0.05, 0.1) is 5.69 Å². The first-order valence-corrected chi connectivity index (χ1v) is 8.92. The Kier molecular flexibility index (Phi) is 4.54. The number of nitrogens with zero attached hydrogens (tertiary/aromatic N) is 1. The maximum absolute atomic E-state index is 8.94. The fourth-order valence-corrected chi connectivity index (χ4v) is 3.29. The third-order valence-corrected chi connectivity index (χ3v) is 4.66. The third kappa shape index (κ3) is 3.25. The average Bonchev–Trinajstić information content (AvgIpc) is 2.75. The highest BCUT2D eigenvalue weighted by molar-refractivity contribution is 6.19. The zero-order chi connectivity index (χ0) is 18.6. The van der Waals surface area contributed by atoms with E-state index in [2.05, 4.69) is 24.8 Å². The van der Waals surface area contributed by atoms with Crippen LogP contribution in [0.3, 0.4) is 0 Å². The molecule has 4 aromatic rings. The first-order chi connectivity index (χ1) is 13.3. The second-order valence-electron chi connectivity index (χ2n) is 6.36. The highest BCUT2D eigenvalue weighted by Crippen LogP contribution is 2.33. The van der Waals surface area contributed by atoms with Gasteiger partial charge in [0.15, 0.2) is 0 Å². The summed E-state index contributed by atoms with van der Waals surface area (Å²) in [6.45, 7) is 4.34. The number of rotatable bonds is 4. The summed E-state index contributed by atoms with van der Waals surface area (Å²) in [4.78, 5) is 1.94. The van der Waals surface area contributed by atoms with Gasteiger partial charge in [-0.1, -0.05) is 104 Å². The lowest BCUT2D eigenvalue weighted by atomic mass is 10.0. The van der Waals surface area contributed by atoms with E-state index in [9.17, 15) is 0 Å². The Morgan fingerprint density at radius 1 is 0.630 bits per heavy atom. The maximum atomic E-state index is 8.94. The van der Waals surface area contributed by atoms with E-state index in [1.807, 2.05) is 89.8 Å². The molecule has 0 spiro atoms. The molecule has 0 saturated heterocycles. The third-order valence-electron chi connectivity index (χ3n) is 4.66. The summed E-state index contributed by atoms with van der Waals surface area (Å²) in [5, 5.41) is 11.2. The second-order valence-corrected chi connectivity index (χ2v) is 6.36. The normalized spacial score (nSPS) is 10.5. The summed E-state index contributed by atoms with van der Waals surface area (Å²) in [5.41, 5.74) is 3.57. The van der Waals surface area contributed by atoms with Gasteiger partial charge in [-0.15, -0.1) is 0 Å². The van der Waals surface area contributed by atoms with Crippen LogP contribution in [0.4, 0.5) is 5.69 Å². The Balaban J connectivity index is 1.90. The van der Waals surface area contributed by atoms with Crippen LogP contribution in [0.15, 0.2) is 110 Å². The van der Waals surface area contributed by atoms with Gasteiger partial charge in [-0.2, -0.15) is 0 Å². The van der Waals surface area contributed by atoms with Gasteiger partial charge in [0.1, 0.15) is 5.84 Å². The Hall–Kier alpha value is -3.65. The first kappa shape index (κ1) is 16.8. The summed E-state index contributed by atoms with van der Waals surface area (Å²) in [5.74, 6) is 0.404. The van der Waals surface area contributed by atoms with Crippen molar-refractivity contribution >= 4 is 28.0 Å². The molecule has 4 rings (SSSR count). The van der Waals surface area contributed by atoms with Crippen LogP contribution < -0.4 is 4.90 Å². The SMILES string of the molecule is C=C(c1ccccc1)N(C(=N)c1ccccc1)c1cccc2ccccc12. The average molecular weight is 348 g/mol. The van der Waals surface area contributed by atoms with E-state index in [1.54, 1.807) is 0 Å². The molecule has 0 fully saturated rings. The molecule has 0 aliphatic heterocycles. The van der Waals surface area contributed by atoms with Crippen LogP contribution in [0.2, 0.25) is 0 Å². The molecule has 0 bridgehead atoms. The number of hydrogen-bond donors (Lipinski definition) is 1. The van der Waals surface area contributed by atoms with E-state index in [0.717, 1.165) is 33.3 Å². The van der Waals surface area contributed by atoms with Crippen LogP contribution in [-0.4, -0.2) is 5.84 Å². The van der Waals surface area contributed by atoms with Crippen LogP contribution in [0.25, 0.3) is 16.5 Å². The smallest absolute Gasteiger partial charge is 0.137 e. The Bertz CT molecular complexity index is 1040. The van der Waals surface area contributed by atoms with Crippen molar-refractivity contribution in [2.45, 2.75) is 0 Å². The molecule has 2 heteroatoms. The van der Waals surface area contributed by atoms with Crippen LogP contribution in [0.5, 0.6) is 0 Å². The lowest BCUT2D eigenvalue weighted by Gasteiger charge is -2.29. The van der Waals surface area contributed by atoms with Gasteiger partial charge in [0.2, 0.25) is 0 Å². The van der Waals surface area contributed by atoms with E-state index < -0.39 is 0 Å². The molecular formula is C25H20N2. The lowest BCUT2D eigenvalue weighted by molar-refractivity contribution is 1.30. The van der Waals surface area contributed by atoms with Gasteiger partial charge in [0.25, 0.3) is 0 Å². The summed E-state index contributed by atoms with van der Waals surface area (Å²) in [6.07, 6.45) is 0. The summed E-state index contributed by atoms with van der Waals surface area (Å²) in [7, 11) is 0. The predicted molar refractivity (Wildman–Crippen MR) is 115 cm³/mol. The quantitative estimate of drug-likeness (QED) is 0.338. The van der Waals surface area contributed by atoms with Gasteiger partial charge in [-0.25, -0.2) is 0 Å². The van der Waals surface area contributed by atoms with Gasteiger partial charge >= 0.3 is 0 Å². The largest absolute Gasteiger partial charge is 0.294 e. The van der Waals surface area contributed by atoms with Gasteiger partial charge in [0, 0.05) is 16.6 Å². The monoisotopic (exact) mass is 348 g/mol. The maximum Gasteiger partial charge on any atom is 0.137 e. The fraction of sp³-hybridized carbons (Fsp3) is 0. The molecule has 0 heterocycles. The Labute approximate surface area is 159 Å². The predicted octanol–water partition coefficient (Wildman–Crippen LogP) is 6.34. The molecule has 4 aromatic carbocycles. The number of benzene rings is 4. The van der Waals surface area contributed by atoms with E-state index in [4.69, 9.17) is 5.41 Å². The number of fused-ring (bicyclic) bond motifs is 1. The second kappa shape index (κ2) is 7.30. The Morgan fingerprint density at radius 3 is 1.89 bits per heavy atom. The molecule has 2 nitrogen and oxygen atoms in total. The van der Waals surface area contributed by atoms with Crippen LogP contribution in [0.1, 0.15) is 11.1 Å². The molecule has 0 aliphatic rings. The highest BCUT2D eigenvalue weighted by atomic mass is 15.2. The molecule has 0 atom stereocenters. The van der Waals surface area contributed by atoms with Crippen molar-refractivity contribution in [3.63, 3.8) is 0 Å². The van der Waals surface area contributed by atoms with E-state index in [0.29, 0.717) is 5.84 Å². The fourth-order valence-electron chi connectivity index (χ4n) is 3.29. The van der Waals surface area contributed by atoms with Crippen LogP contribution >= 0.6 is 0 Å². The molecule has 0 aliphatic carbocycles. The van der Waals surface area contributed by atoms with Crippen molar-refractivity contribution < 1.29 is 0 Å². The van der Waals surface area contributed by atoms with E-state index in [1.165, 1.54) is 0 Å². The molecule has 1 N–H and O–H groups in total. The topological polar surface area (TPSA) is 27.1 Å². The number of amidine groups is 1. The molecule has 130 valence electrons. The molecule has 27 heavy (non-hydrogen) atoms. The van der Waals surface area contributed by atoms with Crippen molar-refractivity contribution in [2.24, 2.45) is 0 Å². The standard InChI is InChI=1S/C25H20N2/c1-19(20-11-4-2-5-12-20)27(25(26)22-14-6-3-7-15-22)24-18-10-16-21-13-8-9-17-23(21)24/h2-18,26H,1H2. The lowest BCUT2D eigenvalue weighted by Crippen LogP contribution is -2.29. The molecule has 0 radical (unpaired) electrons. The van der Waals surface area contributed by atoms with E-state index >= 15 is 0 Å². The van der Waals surface area contributed by atoms with Gasteiger partial charge in [-0.3, -0.25) is 10.3 Å². The van der Waals surface area contributed by atoms with Crippen LogP contribution in [-0.2, 0) is 0 Å². The number of hydrogen-bond acceptors (Lipinski definition) is 1. The van der Waals surface area contributed by atoms with Gasteiger partial charge in [-0.05, 0) is 17.0 Å². The van der Waals surface area contributed by atoms with Crippen LogP contribution in [0, 0.1) is 5.41 Å². The summed E-state index contributed by atoms with van der Waals surface area (Å²) < 4.78 is 0. The van der Waals surface area contributed by atoms with Gasteiger partial charge < -0.3 is 0 Å². The first-order valence-electron chi connectivity index (χ1n) is 8.92. The minimum absolute atomic E-state index is 0.404. The van der Waals surface area contributed by atoms with Crippen molar-refractivity contribution in [3.8, 4) is 0 Å². The zero-order valence-corrected chi connectivity index (χ0v) is 15.0. The summed E-state index contributed by atoms with van der Waals surface area (Å²) in [6, 6.07) is 34.2. The minimum Gasteiger partial charge on any atom is -0.294 e. The van der Waals surface area contributed by atoms with E-state index in [-0.39, 0.29) is 0 Å². The Morgan fingerprint density at radius 2 is 1.19 bits per heavy atom. The van der Waals surface area contributed by atoms with Crippen molar-refractivity contribution in [3.05, 3.63) is 121 Å². The molecule has 0 aromatic heterocycles. The summed E-state index contributed by atoms with van der Waals surface area (Å²) >= 11 is 0.